The lowest BCUT2D eigenvalue weighted by molar-refractivity contribution is 0.478. The minimum Gasteiger partial charge on any atom is -0.457 e. The van der Waals surface area contributed by atoms with Crippen molar-refractivity contribution in [2.45, 2.75) is 6.92 Å². The molecule has 2 aromatic rings. The minimum atomic E-state index is -0.282. The monoisotopic (exact) mass is 322 g/mol. The fourth-order valence-electron chi connectivity index (χ4n) is 1.61. The van der Waals surface area contributed by atoms with E-state index in [1.165, 1.54) is 12.1 Å². The van der Waals surface area contributed by atoms with Gasteiger partial charge in [0.25, 0.3) is 0 Å². The van der Waals surface area contributed by atoms with E-state index in [0.717, 1.165) is 4.47 Å². The number of halogens is 2. The molecule has 0 bridgehead atoms. The largest absolute Gasteiger partial charge is 0.457 e. The van der Waals surface area contributed by atoms with Crippen LogP contribution in [-0.4, -0.2) is 5.84 Å². The molecular weight excluding hydrogens is 311 g/mol. The first-order valence-corrected chi connectivity index (χ1v) is 6.34. The molecule has 3 nitrogen and oxygen atoms in total. The number of aryl methyl sites for hydroxylation is 1. The van der Waals surface area contributed by atoms with E-state index in [9.17, 15) is 4.39 Å². The Kier molecular flexibility index (Phi) is 3.85. The third-order valence-electron chi connectivity index (χ3n) is 2.59. The van der Waals surface area contributed by atoms with Crippen molar-refractivity contribution in [1.29, 1.82) is 5.41 Å². The smallest absolute Gasteiger partial charge is 0.138 e. The highest BCUT2D eigenvalue weighted by Crippen LogP contribution is 2.28. The predicted octanol–water partition coefficient (Wildman–Crippen LogP) is 3.97. The molecule has 0 atom stereocenters. The average molecular weight is 323 g/mol. The van der Waals surface area contributed by atoms with Gasteiger partial charge in [0.1, 0.15) is 23.2 Å². The van der Waals surface area contributed by atoms with Crippen molar-refractivity contribution in [3.05, 3.63) is 57.8 Å². The van der Waals surface area contributed by atoms with Crippen LogP contribution in [-0.2, 0) is 0 Å². The predicted molar refractivity (Wildman–Crippen MR) is 76.4 cm³/mol. The Morgan fingerprint density at radius 3 is 2.63 bits per heavy atom. The van der Waals surface area contributed by atoms with Gasteiger partial charge in [-0.2, -0.15) is 0 Å². The first-order valence-electron chi connectivity index (χ1n) is 5.55. The second-order valence-electron chi connectivity index (χ2n) is 4.07. The number of nitrogens with two attached hydrogens (primary N) is 1. The van der Waals surface area contributed by atoms with Crippen molar-refractivity contribution >= 4 is 21.8 Å². The van der Waals surface area contributed by atoms with Crippen molar-refractivity contribution in [2.75, 3.05) is 0 Å². The number of nitrogens with one attached hydrogen (secondary N) is 1. The Balaban J connectivity index is 2.37. The fourth-order valence-corrected chi connectivity index (χ4v) is 1.97. The summed E-state index contributed by atoms with van der Waals surface area (Å²) in [6.07, 6.45) is 0. The maximum Gasteiger partial charge on any atom is 0.138 e. The number of benzene rings is 2. The zero-order valence-corrected chi connectivity index (χ0v) is 11.8. The molecule has 0 saturated carbocycles. The highest BCUT2D eigenvalue weighted by Gasteiger charge is 2.09. The van der Waals surface area contributed by atoms with Crippen molar-refractivity contribution in [2.24, 2.45) is 5.73 Å². The van der Waals surface area contributed by atoms with Gasteiger partial charge in [-0.05, 0) is 48.9 Å². The standard InChI is InChI=1S/C14H12BrFN2O/c1-8-6-10(3-4-12(8)16)19-13-5-2-9(15)7-11(13)14(17)18/h2-7H,1H3,(H3,17,18). The molecule has 0 amide bonds. The molecule has 0 aromatic heterocycles. The van der Waals surface area contributed by atoms with E-state index in [4.69, 9.17) is 15.9 Å². The van der Waals surface area contributed by atoms with Crippen LogP contribution in [0.15, 0.2) is 40.9 Å². The number of hydrogen-bond acceptors (Lipinski definition) is 2. The molecule has 0 heterocycles. The van der Waals surface area contributed by atoms with Crippen molar-refractivity contribution < 1.29 is 9.13 Å². The molecule has 0 fully saturated rings. The Morgan fingerprint density at radius 2 is 2.00 bits per heavy atom. The maximum absolute atomic E-state index is 13.2. The molecule has 5 heteroatoms. The van der Waals surface area contributed by atoms with Gasteiger partial charge in [-0.15, -0.1) is 0 Å². The van der Waals surface area contributed by atoms with Crippen LogP contribution < -0.4 is 10.5 Å². The summed E-state index contributed by atoms with van der Waals surface area (Å²) in [6, 6.07) is 9.68. The van der Waals surface area contributed by atoms with E-state index < -0.39 is 0 Å². The molecule has 0 aliphatic heterocycles. The van der Waals surface area contributed by atoms with E-state index in [-0.39, 0.29) is 11.7 Å². The molecule has 0 aliphatic carbocycles. The molecule has 19 heavy (non-hydrogen) atoms. The van der Waals surface area contributed by atoms with Crippen LogP contribution in [0, 0.1) is 18.2 Å². The van der Waals surface area contributed by atoms with Crippen molar-refractivity contribution in [3.63, 3.8) is 0 Å². The van der Waals surface area contributed by atoms with Gasteiger partial charge in [0.2, 0.25) is 0 Å². The molecule has 0 radical (unpaired) electrons. The van der Waals surface area contributed by atoms with Crippen LogP contribution in [0.2, 0.25) is 0 Å². The van der Waals surface area contributed by atoms with Crippen LogP contribution in [0.3, 0.4) is 0 Å². The topological polar surface area (TPSA) is 59.1 Å². The summed E-state index contributed by atoms with van der Waals surface area (Å²) in [4.78, 5) is 0. The van der Waals surface area contributed by atoms with Crippen LogP contribution in [0.1, 0.15) is 11.1 Å². The summed E-state index contributed by atoms with van der Waals surface area (Å²) in [5, 5.41) is 7.53. The number of amidine groups is 1. The summed E-state index contributed by atoms with van der Waals surface area (Å²) in [5.74, 6) is 0.593. The number of hydrogen-bond donors (Lipinski definition) is 2. The van der Waals surface area contributed by atoms with Crippen LogP contribution in [0.25, 0.3) is 0 Å². The zero-order chi connectivity index (χ0) is 14.0. The van der Waals surface area contributed by atoms with Gasteiger partial charge < -0.3 is 10.5 Å². The normalized spacial score (nSPS) is 10.3. The highest BCUT2D eigenvalue weighted by atomic mass is 79.9. The molecule has 0 saturated heterocycles. The minimum absolute atomic E-state index is 0.0878. The van der Waals surface area contributed by atoms with Crippen molar-refractivity contribution in [3.8, 4) is 11.5 Å². The van der Waals surface area contributed by atoms with Gasteiger partial charge in [-0.3, -0.25) is 5.41 Å². The lowest BCUT2D eigenvalue weighted by atomic mass is 10.2. The summed E-state index contributed by atoms with van der Waals surface area (Å²) in [6.45, 7) is 1.66. The third-order valence-corrected chi connectivity index (χ3v) is 3.08. The molecule has 2 aromatic carbocycles. The Hall–Kier alpha value is -1.88. The Morgan fingerprint density at radius 1 is 1.26 bits per heavy atom. The lowest BCUT2D eigenvalue weighted by Gasteiger charge is -2.11. The van der Waals surface area contributed by atoms with Crippen molar-refractivity contribution in [1.82, 2.24) is 0 Å². The zero-order valence-electron chi connectivity index (χ0n) is 10.2. The Labute approximate surface area is 118 Å². The van der Waals surface area contributed by atoms with E-state index in [2.05, 4.69) is 15.9 Å². The summed E-state index contributed by atoms with van der Waals surface area (Å²) in [5.41, 5.74) is 6.50. The van der Waals surface area contributed by atoms with Crippen LogP contribution >= 0.6 is 15.9 Å². The SMILES string of the molecule is Cc1cc(Oc2ccc(Br)cc2C(=N)N)ccc1F. The molecule has 3 N–H and O–H groups in total. The highest BCUT2D eigenvalue weighted by molar-refractivity contribution is 9.10. The van der Waals surface area contributed by atoms with E-state index >= 15 is 0 Å². The number of rotatable bonds is 3. The van der Waals surface area contributed by atoms with Gasteiger partial charge in [0.05, 0.1) is 5.56 Å². The van der Waals surface area contributed by atoms with Gasteiger partial charge >= 0.3 is 0 Å². The molecule has 98 valence electrons. The van der Waals surface area contributed by atoms with E-state index in [0.29, 0.717) is 22.6 Å². The quantitative estimate of drug-likeness (QED) is 0.663. The fraction of sp³-hybridized carbons (Fsp3) is 0.0714. The lowest BCUT2D eigenvalue weighted by Crippen LogP contribution is -2.12. The second kappa shape index (κ2) is 5.40. The number of nitrogen functional groups attached to an aromatic ring is 1. The van der Waals surface area contributed by atoms with Gasteiger partial charge in [0, 0.05) is 4.47 Å². The van der Waals surface area contributed by atoms with Gasteiger partial charge in [-0.25, -0.2) is 4.39 Å². The molecular formula is C14H12BrFN2O. The van der Waals surface area contributed by atoms with Crippen LogP contribution in [0.5, 0.6) is 11.5 Å². The molecule has 0 unspecified atom stereocenters. The first kappa shape index (κ1) is 13.5. The maximum atomic E-state index is 13.2. The summed E-state index contributed by atoms with van der Waals surface area (Å²) in [7, 11) is 0. The van der Waals surface area contributed by atoms with Gasteiger partial charge in [0.15, 0.2) is 0 Å². The second-order valence-corrected chi connectivity index (χ2v) is 4.98. The van der Waals surface area contributed by atoms with E-state index in [1.807, 2.05) is 0 Å². The molecule has 0 aliphatic rings. The molecule has 2 rings (SSSR count). The summed E-state index contributed by atoms with van der Waals surface area (Å²) < 4.78 is 19.6. The number of ether oxygens (including phenoxy) is 1. The average Bonchev–Trinajstić information content (AvgIpc) is 2.36. The summed E-state index contributed by atoms with van der Waals surface area (Å²) >= 11 is 3.31. The first-order chi connectivity index (χ1) is 8.97. The Bertz CT molecular complexity index is 643. The van der Waals surface area contributed by atoms with Gasteiger partial charge in [-0.1, -0.05) is 15.9 Å². The van der Waals surface area contributed by atoms with E-state index in [1.54, 1.807) is 31.2 Å². The molecule has 0 spiro atoms. The third kappa shape index (κ3) is 3.12. The van der Waals surface area contributed by atoms with Crippen LogP contribution in [0.4, 0.5) is 4.39 Å².